The number of hydrogen-bond donors (Lipinski definition) is 0. The molecule has 0 bridgehead atoms. The predicted octanol–water partition coefficient (Wildman–Crippen LogP) is 2.62. The summed E-state index contributed by atoms with van der Waals surface area (Å²) in [4.78, 5) is 0. The monoisotopic (exact) mass is 188 g/mol. The second kappa shape index (κ2) is 3.41. The van der Waals surface area contributed by atoms with Crippen LogP contribution in [-0.2, 0) is 9.09 Å². The normalized spacial score (nSPS) is 17.5. The Morgan fingerprint density at radius 3 is 2.18 bits per heavy atom. The molecule has 66 valence electrons. The van der Waals surface area contributed by atoms with Crippen molar-refractivity contribution in [3.63, 3.8) is 0 Å². The molecule has 1 atom stereocenters. The van der Waals surface area contributed by atoms with Crippen LogP contribution in [-0.4, -0.2) is 19.4 Å². The summed E-state index contributed by atoms with van der Waals surface area (Å²) in [5.74, 6) is 0.709. The van der Waals surface area contributed by atoms with Gasteiger partial charge in [-0.2, -0.15) is 13.2 Å². The molecule has 1 unspecified atom stereocenters. The van der Waals surface area contributed by atoms with Crippen LogP contribution in [0.4, 0.5) is 13.2 Å². The van der Waals surface area contributed by atoms with Gasteiger partial charge in [0.05, 0.1) is 0 Å². The van der Waals surface area contributed by atoms with Crippen molar-refractivity contribution in [2.45, 2.75) is 6.18 Å². The topological polar surface area (TPSA) is 26.3 Å². The van der Waals surface area contributed by atoms with E-state index in [0.29, 0.717) is 5.82 Å². The van der Waals surface area contributed by atoms with Crippen LogP contribution in [0.3, 0.4) is 0 Å². The summed E-state index contributed by atoms with van der Waals surface area (Å²) < 4.78 is 50.0. The predicted molar refractivity (Wildman–Crippen MR) is 35.7 cm³/mol. The molecular formula is C5H8F3O2P. The van der Waals surface area contributed by atoms with Crippen molar-refractivity contribution in [1.82, 2.24) is 0 Å². The summed E-state index contributed by atoms with van der Waals surface area (Å²) in [7, 11) is -2.70. The van der Waals surface area contributed by atoms with E-state index in [9.17, 15) is 17.7 Å². The molecule has 0 amide bonds. The fourth-order valence-electron chi connectivity index (χ4n) is 0.454. The molecule has 0 saturated carbocycles. The van der Waals surface area contributed by atoms with Crippen LogP contribution in [0.25, 0.3) is 0 Å². The van der Waals surface area contributed by atoms with E-state index in [4.69, 9.17) is 0 Å². The van der Waals surface area contributed by atoms with Crippen LogP contribution in [0.5, 0.6) is 0 Å². The first kappa shape index (κ1) is 10.7. The van der Waals surface area contributed by atoms with Crippen LogP contribution in [0.2, 0.25) is 0 Å². The molecule has 0 N–H and O–H groups in total. The minimum Gasteiger partial charge on any atom is -0.329 e. The van der Waals surface area contributed by atoms with Gasteiger partial charge in [0.25, 0.3) is 0 Å². The first-order chi connectivity index (χ1) is 4.83. The van der Waals surface area contributed by atoms with Gasteiger partial charge in [0, 0.05) is 7.11 Å². The Kier molecular flexibility index (Phi) is 3.32. The van der Waals surface area contributed by atoms with E-state index >= 15 is 0 Å². The summed E-state index contributed by atoms with van der Waals surface area (Å²) >= 11 is 0. The van der Waals surface area contributed by atoms with Gasteiger partial charge in [0.15, 0.2) is 0 Å². The van der Waals surface area contributed by atoms with Crippen LogP contribution >= 0.6 is 7.37 Å². The van der Waals surface area contributed by atoms with E-state index in [2.05, 4.69) is 11.1 Å². The average Bonchev–Trinajstić information content (AvgIpc) is 1.84. The second-order valence-corrected chi connectivity index (χ2v) is 4.36. The molecule has 11 heavy (non-hydrogen) atoms. The zero-order valence-corrected chi connectivity index (χ0v) is 6.78. The summed E-state index contributed by atoms with van der Waals surface area (Å²) in [6.45, 7) is 3.00. The van der Waals surface area contributed by atoms with Crippen molar-refractivity contribution in [2.75, 3.05) is 13.3 Å². The summed E-state index contributed by atoms with van der Waals surface area (Å²) in [6.07, 6.45) is -5.92. The Bertz CT molecular complexity index is 187. The minimum absolute atomic E-state index is 0.709. The van der Waals surface area contributed by atoms with E-state index < -0.39 is 19.7 Å². The molecule has 0 aromatic rings. The zero-order valence-electron chi connectivity index (χ0n) is 5.89. The number of hydrogen-bond acceptors (Lipinski definition) is 2. The molecule has 0 saturated heterocycles. The molecule has 0 aliphatic rings. The maximum absolute atomic E-state index is 11.6. The lowest BCUT2D eigenvalue weighted by Crippen LogP contribution is -2.14. The number of rotatable bonds is 3. The fraction of sp³-hybridized carbons (Fsp3) is 0.600. The van der Waals surface area contributed by atoms with E-state index in [1.165, 1.54) is 0 Å². The average molecular weight is 188 g/mol. The van der Waals surface area contributed by atoms with E-state index in [-0.39, 0.29) is 0 Å². The quantitative estimate of drug-likeness (QED) is 0.636. The van der Waals surface area contributed by atoms with Crippen LogP contribution in [0, 0.1) is 0 Å². The summed E-state index contributed by atoms with van der Waals surface area (Å²) in [5, 5.41) is 0. The molecule has 0 aromatic heterocycles. The molecule has 0 spiro atoms. The first-order valence-corrected chi connectivity index (χ1v) is 4.56. The van der Waals surface area contributed by atoms with Gasteiger partial charge in [0.2, 0.25) is 7.37 Å². The van der Waals surface area contributed by atoms with Gasteiger partial charge < -0.3 is 4.52 Å². The van der Waals surface area contributed by atoms with Gasteiger partial charge >= 0.3 is 6.18 Å². The molecule has 0 radical (unpaired) electrons. The largest absolute Gasteiger partial charge is 0.398 e. The molecule has 0 aliphatic heterocycles. The highest BCUT2D eigenvalue weighted by Gasteiger charge is 2.37. The number of halogens is 3. The van der Waals surface area contributed by atoms with E-state index in [1.807, 2.05) is 0 Å². The lowest BCUT2D eigenvalue weighted by atomic mass is 10.8. The lowest BCUT2D eigenvalue weighted by molar-refractivity contribution is -0.107. The summed E-state index contributed by atoms with van der Waals surface area (Å²) in [6, 6.07) is 0. The van der Waals surface area contributed by atoms with E-state index in [1.54, 1.807) is 0 Å². The van der Waals surface area contributed by atoms with Crippen molar-refractivity contribution >= 4 is 7.37 Å². The van der Waals surface area contributed by atoms with Gasteiger partial charge in [-0.05, 0) is 5.82 Å². The highest BCUT2D eigenvalue weighted by Crippen LogP contribution is 2.50. The molecule has 0 fully saturated rings. The molecular weight excluding hydrogens is 180 g/mol. The molecule has 0 rings (SSSR count). The Hall–Kier alpha value is -0.280. The molecule has 6 heteroatoms. The first-order valence-electron chi connectivity index (χ1n) is 2.68. The van der Waals surface area contributed by atoms with Crippen LogP contribution in [0.1, 0.15) is 0 Å². The van der Waals surface area contributed by atoms with Gasteiger partial charge in [-0.25, -0.2) is 0 Å². The molecule has 0 aromatic carbocycles. The van der Waals surface area contributed by atoms with Gasteiger partial charge in [-0.15, -0.1) is 0 Å². The zero-order chi connectivity index (χ0) is 9.12. The Morgan fingerprint density at radius 2 is 2.09 bits per heavy atom. The lowest BCUT2D eigenvalue weighted by Gasteiger charge is -2.12. The van der Waals surface area contributed by atoms with Crippen molar-refractivity contribution in [3.05, 3.63) is 12.4 Å². The Morgan fingerprint density at radius 1 is 1.64 bits per heavy atom. The van der Waals surface area contributed by atoms with Crippen molar-refractivity contribution in [3.8, 4) is 0 Å². The van der Waals surface area contributed by atoms with Gasteiger partial charge in [-0.3, -0.25) is 4.57 Å². The maximum Gasteiger partial charge on any atom is 0.398 e. The summed E-state index contributed by atoms with van der Waals surface area (Å²) in [5.41, 5.74) is 0. The SMILES string of the molecule is C=CP(=O)(CC(F)(F)F)OC. The van der Waals surface area contributed by atoms with Crippen molar-refractivity contribution in [1.29, 1.82) is 0 Å². The van der Waals surface area contributed by atoms with Gasteiger partial charge in [0.1, 0.15) is 6.16 Å². The third kappa shape index (κ3) is 4.22. The second-order valence-electron chi connectivity index (χ2n) is 1.86. The minimum atomic E-state index is -4.47. The van der Waals surface area contributed by atoms with Crippen LogP contribution in [0.15, 0.2) is 12.4 Å². The maximum atomic E-state index is 11.6. The van der Waals surface area contributed by atoms with Crippen LogP contribution < -0.4 is 0 Å². The molecule has 2 nitrogen and oxygen atoms in total. The van der Waals surface area contributed by atoms with E-state index in [0.717, 1.165) is 7.11 Å². The van der Waals surface area contributed by atoms with Crippen molar-refractivity contribution < 1.29 is 22.3 Å². The standard InChI is InChI=1S/C5H8F3O2P/c1-3-11(9,10-2)4-5(6,7)8/h3H,1,4H2,2H3. The molecule has 0 aliphatic carbocycles. The highest BCUT2D eigenvalue weighted by atomic mass is 31.2. The fourth-order valence-corrected chi connectivity index (χ4v) is 1.36. The number of alkyl halides is 3. The third-order valence-corrected chi connectivity index (χ3v) is 2.96. The van der Waals surface area contributed by atoms with Crippen molar-refractivity contribution in [2.24, 2.45) is 0 Å². The molecule has 0 heterocycles. The third-order valence-electron chi connectivity index (χ3n) is 0.987. The Labute approximate surface area is 62.5 Å². The van der Waals surface area contributed by atoms with Gasteiger partial charge in [-0.1, -0.05) is 6.58 Å². The Balaban J connectivity index is 4.33. The smallest absolute Gasteiger partial charge is 0.329 e. The highest BCUT2D eigenvalue weighted by molar-refractivity contribution is 7.62.